The van der Waals surface area contributed by atoms with Crippen LogP contribution in [0.5, 0.6) is 5.75 Å². The van der Waals surface area contributed by atoms with Gasteiger partial charge in [0.2, 0.25) is 5.91 Å². The van der Waals surface area contributed by atoms with Crippen LogP contribution < -0.4 is 4.74 Å². The van der Waals surface area contributed by atoms with Gasteiger partial charge in [-0.15, -0.1) is 0 Å². The van der Waals surface area contributed by atoms with Crippen molar-refractivity contribution in [1.82, 2.24) is 9.88 Å². The van der Waals surface area contributed by atoms with Crippen LogP contribution in [-0.2, 0) is 17.8 Å². The zero-order valence-electron chi connectivity index (χ0n) is 15.7. The molecule has 0 spiro atoms. The molecule has 7 nitrogen and oxygen atoms in total. The number of fused-ring (bicyclic) bond motifs is 1. The van der Waals surface area contributed by atoms with E-state index >= 15 is 0 Å². The predicted octanol–water partition coefficient (Wildman–Crippen LogP) is 3.62. The SMILES string of the molecule is O=C(Cc1cccc([N+](=O)[O-])c1)N1CCOc2ccc(-c3cccnc3)cc2C1. The largest absolute Gasteiger partial charge is 0.491 e. The van der Waals surface area contributed by atoms with Crippen molar-refractivity contribution in [1.29, 1.82) is 0 Å². The zero-order valence-corrected chi connectivity index (χ0v) is 15.7. The molecular formula is C22H19N3O4. The van der Waals surface area contributed by atoms with E-state index < -0.39 is 4.92 Å². The van der Waals surface area contributed by atoms with Crippen LogP contribution in [0.15, 0.2) is 67.0 Å². The first-order valence-electron chi connectivity index (χ1n) is 9.27. The Morgan fingerprint density at radius 3 is 2.83 bits per heavy atom. The van der Waals surface area contributed by atoms with Crippen LogP contribution >= 0.6 is 0 Å². The van der Waals surface area contributed by atoms with Crippen molar-refractivity contribution in [3.63, 3.8) is 0 Å². The number of amides is 1. The van der Waals surface area contributed by atoms with Crippen molar-refractivity contribution in [2.24, 2.45) is 0 Å². The second kappa shape index (κ2) is 8.10. The molecule has 0 N–H and O–H groups in total. The van der Waals surface area contributed by atoms with Gasteiger partial charge in [0.15, 0.2) is 0 Å². The van der Waals surface area contributed by atoms with Gasteiger partial charge in [0.25, 0.3) is 5.69 Å². The molecule has 2 heterocycles. The number of non-ortho nitro benzene ring substituents is 1. The molecule has 2 aromatic carbocycles. The maximum absolute atomic E-state index is 12.9. The minimum absolute atomic E-state index is 0.0130. The first-order chi connectivity index (χ1) is 14.1. The van der Waals surface area contributed by atoms with E-state index in [1.54, 1.807) is 29.4 Å². The summed E-state index contributed by atoms with van der Waals surface area (Å²) in [6.07, 6.45) is 3.63. The van der Waals surface area contributed by atoms with Crippen molar-refractivity contribution in [2.45, 2.75) is 13.0 Å². The van der Waals surface area contributed by atoms with E-state index in [0.29, 0.717) is 25.3 Å². The average Bonchev–Trinajstić information content (AvgIpc) is 2.96. The normalized spacial score (nSPS) is 13.2. The average molecular weight is 389 g/mol. The van der Waals surface area contributed by atoms with Crippen LogP contribution in [-0.4, -0.2) is 33.9 Å². The van der Waals surface area contributed by atoms with Gasteiger partial charge in [-0.3, -0.25) is 19.9 Å². The van der Waals surface area contributed by atoms with Gasteiger partial charge >= 0.3 is 0 Å². The first-order valence-corrected chi connectivity index (χ1v) is 9.27. The Morgan fingerprint density at radius 1 is 1.14 bits per heavy atom. The summed E-state index contributed by atoms with van der Waals surface area (Å²) in [7, 11) is 0. The summed E-state index contributed by atoms with van der Waals surface area (Å²) in [4.78, 5) is 29.3. The molecule has 0 saturated heterocycles. The summed E-state index contributed by atoms with van der Waals surface area (Å²) in [6, 6.07) is 16.0. The summed E-state index contributed by atoms with van der Waals surface area (Å²) in [5.41, 5.74) is 3.54. The number of hydrogen-bond donors (Lipinski definition) is 0. The lowest BCUT2D eigenvalue weighted by atomic mass is 10.0. The van der Waals surface area contributed by atoms with E-state index in [1.165, 1.54) is 12.1 Å². The molecule has 3 aromatic rings. The van der Waals surface area contributed by atoms with Gasteiger partial charge < -0.3 is 9.64 Å². The van der Waals surface area contributed by atoms with Crippen molar-refractivity contribution in [2.75, 3.05) is 13.2 Å². The molecule has 0 bridgehead atoms. The summed E-state index contributed by atoms with van der Waals surface area (Å²) in [5, 5.41) is 11.0. The number of aromatic nitrogens is 1. The highest BCUT2D eigenvalue weighted by atomic mass is 16.6. The van der Waals surface area contributed by atoms with E-state index in [9.17, 15) is 14.9 Å². The summed E-state index contributed by atoms with van der Waals surface area (Å²) in [5.74, 6) is 0.678. The van der Waals surface area contributed by atoms with Gasteiger partial charge in [-0.05, 0) is 29.3 Å². The van der Waals surface area contributed by atoms with Crippen LogP contribution in [0.25, 0.3) is 11.1 Å². The lowest BCUT2D eigenvalue weighted by Gasteiger charge is -2.20. The molecule has 0 unspecified atom stereocenters. The van der Waals surface area contributed by atoms with Gasteiger partial charge in [-0.1, -0.05) is 24.3 Å². The Morgan fingerprint density at radius 2 is 2.03 bits per heavy atom. The van der Waals surface area contributed by atoms with E-state index in [2.05, 4.69) is 4.98 Å². The lowest BCUT2D eigenvalue weighted by molar-refractivity contribution is -0.384. The molecule has 0 radical (unpaired) electrons. The topological polar surface area (TPSA) is 85.6 Å². The minimum atomic E-state index is -0.454. The quantitative estimate of drug-likeness (QED) is 0.502. The number of carbonyl (C=O) groups excluding carboxylic acids is 1. The van der Waals surface area contributed by atoms with Gasteiger partial charge in [0.1, 0.15) is 12.4 Å². The van der Waals surface area contributed by atoms with Crippen LogP contribution in [0.4, 0.5) is 5.69 Å². The number of rotatable bonds is 4. The highest BCUT2D eigenvalue weighted by Crippen LogP contribution is 2.29. The number of nitro benzene ring substituents is 1. The van der Waals surface area contributed by atoms with Gasteiger partial charge in [0.05, 0.1) is 17.9 Å². The fourth-order valence-corrected chi connectivity index (χ4v) is 3.39. The second-order valence-corrected chi connectivity index (χ2v) is 6.83. The Labute approximate surface area is 167 Å². The monoisotopic (exact) mass is 389 g/mol. The van der Waals surface area contributed by atoms with E-state index in [0.717, 1.165) is 22.4 Å². The molecule has 146 valence electrons. The zero-order chi connectivity index (χ0) is 20.2. The molecule has 0 saturated carbocycles. The molecule has 1 aromatic heterocycles. The Kier molecular flexibility index (Phi) is 5.20. The highest BCUT2D eigenvalue weighted by molar-refractivity contribution is 5.79. The molecule has 4 rings (SSSR count). The maximum atomic E-state index is 12.9. The Hall–Kier alpha value is -3.74. The van der Waals surface area contributed by atoms with Crippen LogP contribution in [0.3, 0.4) is 0 Å². The smallest absolute Gasteiger partial charge is 0.269 e. The lowest BCUT2D eigenvalue weighted by Crippen LogP contribution is -2.33. The molecule has 0 fully saturated rings. The van der Waals surface area contributed by atoms with Crippen molar-refractivity contribution < 1.29 is 14.5 Å². The number of benzene rings is 2. The minimum Gasteiger partial charge on any atom is -0.491 e. The van der Waals surface area contributed by atoms with Crippen LogP contribution in [0.1, 0.15) is 11.1 Å². The number of carbonyl (C=O) groups is 1. The maximum Gasteiger partial charge on any atom is 0.269 e. The van der Waals surface area contributed by atoms with Crippen LogP contribution in [0.2, 0.25) is 0 Å². The molecule has 29 heavy (non-hydrogen) atoms. The third kappa shape index (κ3) is 4.24. The molecule has 0 atom stereocenters. The summed E-state index contributed by atoms with van der Waals surface area (Å²) >= 11 is 0. The molecule has 0 aliphatic carbocycles. The standard InChI is InChI=1S/C22H19N3O4/c26-22(12-16-3-1-5-20(11-16)25(27)28)24-9-10-29-21-7-6-17(13-19(21)15-24)18-4-2-8-23-14-18/h1-8,11,13-14H,9-10,12,15H2. The molecule has 1 amide bonds. The third-order valence-electron chi connectivity index (χ3n) is 4.86. The van der Waals surface area contributed by atoms with E-state index in [4.69, 9.17) is 4.74 Å². The number of ether oxygens (including phenoxy) is 1. The Bertz CT molecular complexity index is 1050. The summed E-state index contributed by atoms with van der Waals surface area (Å²) in [6.45, 7) is 1.29. The second-order valence-electron chi connectivity index (χ2n) is 6.83. The van der Waals surface area contributed by atoms with Crippen molar-refractivity contribution in [3.8, 4) is 16.9 Å². The predicted molar refractivity (Wildman–Crippen MR) is 107 cm³/mol. The van der Waals surface area contributed by atoms with Gasteiger partial charge in [-0.2, -0.15) is 0 Å². The Balaban J connectivity index is 1.54. The number of hydrogen-bond acceptors (Lipinski definition) is 5. The fraction of sp³-hybridized carbons (Fsp3) is 0.182. The molecule has 7 heteroatoms. The van der Waals surface area contributed by atoms with Gasteiger partial charge in [-0.25, -0.2) is 0 Å². The molecular weight excluding hydrogens is 370 g/mol. The van der Waals surface area contributed by atoms with Crippen molar-refractivity contribution in [3.05, 3.63) is 88.2 Å². The van der Waals surface area contributed by atoms with Crippen molar-refractivity contribution >= 4 is 11.6 Å². The third-order valence-corrected chi connectivity index (χ3v) is 4.86. The number of nitrogens with zero attached hydrogens (tertiary/aromatic N) is 3. The number of nitro groups is 1. The highest BCUT2D eigenvalue weighted by Gasteiger charge is 2.21. The molecule has 1 aliphatic heterocycles. The fourth-order valence-electron chi connectivity index (χ4n) is 3.39. The first kappa shape index (κ1) is 18.6. The van der Waals surface area contributed by atoms with Crippen LogP contribution in [0, 0.1) is 10.1 Å². The summed E-state index contributed by atoms with van der Waals surface area (Å²) < 4.78 is 5.82. The number of pyridine rings is 1. The van der Waals surface area contributed by atoms with Gasteiger partial charge in [0, 0.05) is 42.2 Å². The molecule has 1 aliphatic rings. The van der Waals surface area contributed by atoms with E-state index in [1.807, 2.05) is 30.3 Å². The van der Waals surface area contributed by atoms with E-state index in [-0.39, 0.29) is 18.0 Å².